The zero-order valence-electron chi connectivity index (χ0n) is 13.8. The first kappa shape index (κ1) is 15.0. The van der Waals surface area contributed by atoms with Crippen LogP contribution in [0.3, 0.4) is 0 Å². The van der Waals surface area contributed by atoms with Crippen LogP contribution in [0.2, 0.25) is 0 Å². The van der Waals surface area contributed by atoms with Crippen molar-refractivity contribution in [3.05, 3.63) is 52.7 Å². The molecular formula is C19H25N3. The van der Waals surface area contributed by atoms with E-state index in [1.807, 2.05) is 6.07 Å². The molecule has 1 aliphatic rings. The van der Waals surface area contributed by atoms with Crippen molar-refractivity contribution in [3.8, 4) is 0 Å². The molecule has 0 saturated carbocycles. The number of hydrogen-bond donors (Lipinski definition) is 0. The second-order valence-corrected chi connectivity index (χ2v) is 6.58. The zero-order chi connectivity index (χ0) is 15.5. The Hall–Kier alpha value is -1.90. The summed E-state index contributed by atoms with van der Waals surface area (Å²) in [6, 6.07) is 10.5. The minimum atomic E-state index is 0.749. The number of aromatic nitrogens is 2. The molecule has 1 saturated heterocycles. The molecule has 1 aromatic heterocycles. The van der Waals surface area contributed by atoms with Crippen molar-refractivity contribution in [2.24, 2.45) is 5.92 Å². The molecule has 1 aliphatic heterocycles. The van der Waals surface area contributed by atoms with Gasteiger partial charge >= 0.3 is 0 Å². The number of rotatable bonds is 3. The summed E-state index contributed by atoms with van der Waals surface area (Å²) in [6.07, 6.45) is 3.44. The van der Waals surface area contributed by atoms with Crippen molar-refractivity contribution in [3.63, 3.8) is 0 Å². The molecule has 0 amide bonds. The second-order valence-electron chi connectivity index (χ2n) is 6.58. The second kappa shape index (κ2) is 6.47. The summed E-state index contributed by atoms with van der Waals surface area (Å²) in [5, 5.41) is 9.11. The lowest BCUT2D eigenvalue weighted by atomic mass is 9.99. The Morgan fingerprint density at radius 3 is 2.59 bits per heavy atom. The van der Waals surface area contributed by atoms with Gasteiger partial charge in [-0.25, -0.2) is 0 Å². The summed E-state index contributed by atoms with van der Waals surface area (Å²) in [7, 11) is 0. The first-order valence-electron chi connectivity index (χ1n) is 8.26. The van der Waals surface area contributed by atoms with Crippen LogP contribution in [0, 0.1) is 19.8 Å². The molecule has 22 heavy (non-hydrogen) atoms. The van der Waals surface area contributed by atoms with Gasteiger partial charge in [0.1, 0.15) is 0 Å². The molecule has 1 fully saturated rings. The Morgan fingerprint density at radius 1 is 1.09 bits per heavy atom. The van der Waals surface area contributed by atoms with E-state index in [4.69, 9.17) is 0 Å². The minimum Gasteiger partial charge on any atom is -0.355 e. The molecular weight excluding hydrogens is 270 g/mol. The summed E-state index contributed by atoms with van der Waals surface area (Å²) >= 11 is 0. The van der Waals surface area contributed by atoms with Crippen molar-refractivity contribution >= 4 is 5.82 Å². The van der Waals surface area contributed by atoms with Crippen LogP contribution in [-0.4, -0.2) is 23.3 Å². The van der Waals surface area contributed by atoms with Gasteiger partial charge in [0, 0.05) is 19.5 Å². The topological polar surface area (TPSA) is 29.0 Å². The Morgan fingerprint density at radius 2 is 1.86 bits per heavy atom. The van der Waals surface area contributed by atoms with Crippen LogP contribution in [0.15, 0.2) is 30.3 Å². The number of anilines is 1. The van der Waals surface area contributed by atoms with Crippen LogP contribution in [0.4, 0.5) is 5.82 Å². The maximum Gasteiger partial charge on any atom is 0.154 e. The van der Waals surface area contributed by atoms with E-state index in [-0.39, 0.29) is 0 Å². The van der Waals surface area contributed by atoms with E-state index in [1.54, 1.807) is 0 Å². The SMILES string of the molecule is Cc1c(Cc2ccccc2)nnc(N2CCC[C@@H](C)C2)c1C. The van der Waals surface area contributed by atoms with Gasteiger partial charge in [-0.1, -0.05) is 37.3 Å². The Balaban J connectivity index is 1.85. The van der Waals surface area contributed by atoms with Gasteiger partial charge < -0.3 is 4.90 Å². The molecule has 116 valence electrons. The lowest BCUT2D eigenvalue weighted by molar-refractivity contribution is 0.443. The first-order valence-corrected chi connectivity index (χ1v) is 8.26. The number of benzene rings is 1. The summed E-state index contributed by atoms with van der Waals surface area (Å²) in [5.74, 6) is 1.83. The van der Waals surface area contributed by atoms with Gasteiger partial charge in [0.15, 0.2) is 5.82 Å². The van der Waals surface area contributed by atoms with E-state index >= 15 is 0 Å². The third-order valence-corrected chi connectivity index (χ3v) is 4.77. The van der Waals surface area contributed by atoms with Gasteiger partial charge in [-0.05, 0) is 49.3 Å². The molecule has 1 aromatic carbocycles. The predicted octanol–water partition coefficient (Wildman–Crippen LogP) is 3.92. The molecule has 0 radical (unpaired) electrons. The van der Waals surface area contributed by atoms with E-state index in [1.165, 1.54) is 29.5 Å². The first-order chi connectivity index (χ1) is 10.6. The third kappa shape index (κ3) is 3.13. The monoisotopic (exact) mass is 295 g/mol. The fraction of sp³-hybridized carbons (Fsp3) is 0.474. The van der Waals surface area contributed by atoms with E-state index in [2.05, 4.69) is 60.1 Å². The van der Waals surface area contributed by atoms with Crippen LogP contribution in [0.5, 0.6) is 0 Å². The Kier molecular flexibility index (Phi) is 4.41. The molecule has 3 heteroatoms. The lowest BCUT2D eigenvalue weighted by Gasteiger charge is -2.32. The van der Waals surface area contributed by atoms with Crippen LogP contribution in [0.25, 0.3) is 0 Å². The highest BCUT2D eigenvalue weighted by Crippen LogP contribution is 2.26. The highest BCUT2D eigenvalue weighted by atomic mass is 15.3. The normalized spacial score (nSPS) is 18.5. The smallest absolute Gasteiger partial charge is 0.154 e. The van der Waals surface area contributed by atoms with Crippen LogP contribution < -0.4 is 4.90 Å². The van der Waals surface area contributed by atoms with Crippen molar-refractivity contribution in [2.75, 3.05) is 18.0 Å². The fourth-order valence-corrected chi connectivity index (χ4v) is 3.28. The standard InChI is InChI=1S/C19H25N3/c1-14-8-7-11-22(13-14)19-16(3)15(2)18(20-21-19)12-17-9-5-4-6-10-17/h4-6,9-10,14H,7-8,11-13H2,1-3H3/t14-/m1/s1. The lowest BCUT2D eigenvalue weighted by Crippen LogP contribution is -2.35. The van der Waals surface area contributed by atoms with Crippen LogP contribution >= 0.6 is 0 Å². The van der Waals surface area contributed by atoms with E-state index in [0.29, 0.717) is 0 Å². The molecule has 0 aliphatic carbocycles. The molecule has 2 heterocycles. The van der Waals surface area contributed by atoms with Gasteiger partial charge in [0.05, 0.1) is 5.69 Å². The average molecular weight is 295 g/mol. The highest BCUT2D eigenvalue weighted by Gasteiger charge is 2.21. The predicted molar refractivity (Wildman–Crippen MR) is 91.4 cm³/mol. The average Bonchev–Trinajstić information content (AvgIpc) is 2.53. The van der Waals surface area contributed by atoms with E-state index < -0.39 is 0 Å². The third-order valence-electron chi connectivity index (χ3n) is 4.77. The van der Waals surface area contributed by atoms with Crippen molar-refractivity contribution in [2.45, 2.75) is 40.0 Å². The van der Waals surface area contributed by atoms with Gasteiger partial charge in [-0.2, -0.15) is 5.10 Å². The summed E-state index contributed by atoms with van der Waals surface area (Å²) in [4.78, 5) is 2.41. The maximum atomic E-state index is 4.57. The summed E-state index contributed by atoms with van der Waals surface area (Å²) in [6.45, 7) is 8.90. The molecule has 3 rings (SSSR count). The van der Waals surface area contributed by atoms with Crippen LogP contribution in [-0.2, 0) is 6.42 Å². The van der Waals surface area contributed by atoms with Crippen LogP contribution in [0.1, 0.15) is 42.1 Å². The zero-order valence-corrected chi connectivity index (χ0v) is 13.8. The molecule has 0 unspecified atom stereocenters. The van der Waals surface area contributed by atoms with E-state index in [0.717, 1.165) is 36.9 Å². The number of nitrogens with zero attached hydrogens (tertiary/aromatic N) is 3. The van der Waals surface area contributed by atoms with E-state index in [9.17, 15) is 0 Å². The Labute approximate surface area is 133 Å². The van der Waals surface area contributed by atoms with Gasteiger partial charge in [0.2, 0.25) is 0 Å². The number of hydrogen-bond acceptors (Lipinski definition) is 3. The molecule has 1 atom stereocenters. The van der Waals surface area contributed by atoms with Crippen molar-refractivity contribution in [1.82, 2.24) is 10.2 Å². The molecule has 0 bridgehead atoms. The van der Waals surface area contributed by atoms with Gasteiger partial charge in [-0.3, -0.25) is 0 Å². The van der Waals surface area contributed by atoms with Crippen molar-refractivity contribution < 1.29 is 0 Å². The Bertz CT molecular complexity index is 637. The summed E-state index contributed by atoms with van der Waals surface area (Å²) < 4.78 is 0. The molecule has 3 nitrogen and oxygen atoms in total. The molecule has 2 aromatic rings. The fourth-order valence-electron chi connectivity index (χ4n) is 3.28. The highest BCUT2D eigenvalue weighted by molar-refractivity contribution is 5.50. The molecule has 0 N–H and O–H groups in total. The number of piperidine rings is 1. The molecule has 0 spiro atoms. The maximum absolute atomic E-state index is 4.57. The quantitative estimate of drug-likeness (QED) is 0.859. The largest absolute Gasteiger partial charge is 0.355 e. The van der Waals surface area contributed by atoms with Gasteiger partial charge in [0.25, 0.3) is 0 Å². The van der Waals surface area contributed by atoms with Gasteiger partial charge in [-0.15, -0.1) is 5.10 Å². The van der Waals surface area contributed by atoms with Crippen molar-refractivity contribution in [1.29, 1.82) is 0 Å². The summed E-state index contributed by atoms with van der Waals surface area (Å²) in [5.41, 5.74) is 4.96. The minimum absolute atomic E-state index is 0.749.